The lowest BCUT2D eigenvalue weighted by atomic mass is 10.2. The molecule has 0 aliphatic rings. The number of halogens is 1. The summed E-state index contributed by atoms with van der Waals surface area (Å²) in [4.78, 5) is 12.8. The molecule has 0 bridgehead atoms. The normalized spacial score (nSPS) is 10.9. The summed E-state index contributed by atoms with van der Waals surface area (Å²) >= 11 is 4.68. The smallest absolute Gasteiger partial charge is 0.238 e. The van der Waals surface area contributed by atoms with E-state index in [0.29, 0.717) is 15.3 Å². The monoisotopic (exact) mass is 306 g/mol. The van der Waals surface area contributed by atoms with Crippen LogP contribution in [0.4, 0.5) is 0 Å². The van der Waals surface area contributed by atoms with Gasteiger partial charge in [-0.15, -0.1) is 11.3 Å². The van der Waals surface area contributed by atoms with Gasteiger partial charge in [-0.25, -0.2) is 0 Å². The molecule has 3 aromatic rings. The molecule has 0 aliphatic heterocycles. The van der Waals surface area contributed by atoms with Crippen molar-refractivity contribution in [3.05, 3.63) is 57.8 Å². The zero-order chi connectivity index (χ0) is 11.8. The standard InChI is InChI=1S/C13H7BrO2S/c14-12-6-5-9(16-12)13(15)11-7-8-3-1-2-4-10(8)17-11/h1-7H. The highest BCUT2D eigenvalue weighted by molar-refractivity contribution is 9.10. The van der Waals surface area contributed by atoms with E-state index in [-0.39, 0.29) is 5.78 Å². The number of carbonyl (C=O) groups excluding carboxylic acids is 1. The zero-order valence-electron chi connectivity index (χ0n) is 8.64. The number of rotatable bonds is 2. The Labute approximate surface area is 110 Å². The van der Waals surface area contributed by atoms with Crippen molar-refractivity contribution in [2.75, 3.05) is 0 Å². The second-order valence-corrected chi connectivity index (χ2v) is 5.45. The largest absolute Gasteiger partial charge is 0.446 e. The van der Waals surface area contributed by atoms with E-state index in [0.717, 1.165) is 10.1 Å². The van der Waals surface area contributed by atoms with Crippen LogP contribution in [0.15, 0.2) is 51.6 Å². The quantitative estimate of drug-likeness (QED) is 0.653. The average Bonchev–Trinajstić information content (AvgIpc) is 2.93. The van der Waals surface area contributed by atoms with Gasteiger partial charge in [-0.2, -0.15) is 0 Å². The van der Waals surface area contributed by atoms with E-state index >= 15 is 0 Å². The van der Waals surface area contributed by atoms with Crippen LogP contribution >= 0.6 is 27.3 Å². The molecule has 0 amide bonds. The second kappa shape index (κ2) is 4.13. The Hall–Kier alpha value is -1.39. The van der Waals surface area contributed by atoms with E-state index in [1.54, 1.807) is 12.1 Å². The third kappa shape index (κ3) is 1.94. The van der Waals surface area contributed by atoms with E-state index in [9.17, 15) is 4.79 Å². The highest BCUT2D eigenvalue weighted by Gasteiger charge is 2.15. The molecule has 0 spiro atoms. The number of benzene rings is 1. The second-order valence-electron chi connectivity index (χ2n) is 3.58. The van der Waals surface area contributed by atoms with Gasteiger partial charge in [-0.05, 0) is 45.6 Å². The number of ketones is 1. The highest BCUT2D eigenvalue weighted by atomic mass is 79.9. The molecule has 4 heteroatoms. The van der Waals surface area contributed by atoms with Gasteiger partial charge in [0.05, 0.1) is 4.88 Å². The Morgan fingerprint density at radius 2 is 2.00 bits per heavy atom. The first-order chi connectivity index (χ1) is 8.24. The minimum atomic E-state index is -0.0723. The predicted molar refractivity (Wildman–Crippen MR) is 71.7 cm³/mol. The number of hydrogen-bond acceptors (Lipinski definition) is 3. The fraction of sp³-hybridized carbons (Fsp3) is 0. The van der Waals surface area contributed by atoms with Gasteiger partial charge in [0.15, 0.2) is 10.4 Å². The lowest BCUT2D eigenvalue weighted by Gasteiger charge is -1.90. The first-order valence-corrected chi connectivity index (χ1v) is 6.63. The van der Waals surface area contributed by atoms with E-state index < -0.39 is 0 Å². The highest BCUT2D eigenvalue weighted by Crippen LogP contribution is 2.28. The summed E-state index contributed by atoms with van der Waals surface area (Å²) in [5.41, 5.74) is 0. The molecule has 0 radical (unpaired) electrons. The van der Waals surface area contributed by atoms with Crippen molar-refractivity contribution in [3.8, 4) is 0 Å². The SMILES string of the molecule is O=C(c1ccc(Br)o1)c1cc2ccccc2s1. The maximum atomic E-state index is 12.1. The third-order valence-corrected chi connectivity index (χ3v) is 3.99. The van der Waals surface area contributed by atoms with Gasteiger partial charge in [0.25, 0.3) is 0 Å². The molecule has 0 aliphatic carbocycles. The van der Waals surface area contributed by atoms with Gasteiger partial charge in [-0.1, -0.05) is 18.2 Å². The van der Waals surface area contributed by atoms with Crippen LogP contribution in [-0.2, 0) is 0 Å². The van der Waals surface area contributed by atoms with Crippen LogP contribution in [0.25, 0.3) is 10.1 Å². The van der Waals surface area contributed by atoms with Gasteiger partial charge in [0.2, 0.25) is 5.78 Å². The van der Waals surface area contributed by atoms with Gasteiger partial charge < -0.3 is 4.42 Å². The van der Waals surface area contributed by atoms with Crippen molar-refractivity contribution in [1.82, 2.24) is 0 Å². The average molecular weight is 307 g/mol. The molecule has 0 fully saturated rings. The van der Waals surface area contributed by atoms with Gasteiger partial charge in [0.1, 0.15) is 0 Å². The van der Waals surface area contributed by atoms with Crippen LogP contribution in [0.5, 0.6) is 0 Å². The fourth-order valence-corrected chi connectivity index (χ4v) is 2.97. The van der Waals surface area contributed by atoms with Crippen LogP contribution in [0.3, 0.4) is 0 Å². The molecule has 2 aromatic heterocycles. The van der Waals surface area contributed by atoms with E-state index in [1.165, 1.54) is 11.3 Å². The van der Waals surface area contributed by atoms with Gasteiger partial charge >= 0.3 is 0 Å². The van der Waals surface area contributed by atoms with Crippen molar-refractivity contribution in [3.63, 3.8) is 0 Å². The number of carbonyl (C=O) groups is 1. The van der Waals surface area contributed by atoms with E-state index in [1.807, 2.05) is 30.3 Å². The molecular formula is C13H7BrO2S. The summed E-state index contributed by atoms with van der Waals surface area (Å²) in [6, 6.07) is 13.2. The van der Waals surface area contributed by atoms with Crippen molar-refractivity contribution >= 4 is 43.1 Å². The fourth-order valence-electron chi connectivity index (χ4n) is 1.65. The molecule has 0 N–H and O–H groups in total. The molecule has 0 atom stereocenters. The van der Waals surface area contributed by atoms with Crippen molar-refractivity contribution < 1.29 is 9.21 Å². The van der Waals surface area contributed by atoms with Crippen LogP contribution in [0, 0.1) is 0 Å². The number of fused-ring (bicyclic) bond motifs is 1. The lowest BCUT2D eigenvalue weighted by molar-refractivity contribution is 0.101. The van der Waals surface area contributed by atoms with Crippen LogP contribution in [-0.4, -0.2) is 5.78 Å². The van der Waals surface area contributed by atoms with Crippen molar-refractivity contribution in [2.24, 2.45) is 0 Å². The third-order valence-electron chi connectivity index (χ3n) is 2.45. The molecule has 84 valence electrons. The molecule has 0 saturated carbocycles. The summed E-state index contributed by atoms with van der Waals surface area (Å²) in [6.07, 6.45) is 0. The van der Waals surface area contributed by atoms with Crippen LogP contribution < -0.4 is 0 Å². The zero-order valence-corrected chi connectivity index (χ0v) is 11.0. The van der Waals surface area contributed by atoms with Crippen LogP contribution in [0.1, 0.15) is 15.4 Å². The Bertz CT molecular complexity index is 663. The number of furan rings is 1. The van der Waals surface area contributed by atoms with Gasteiger partial charge in [0, 0.05) is 4.70 Å². The lowest BCUT2D eigenvalue weighted by Crippen LogP contribution is -1.95. The summed E-state index contributed by atoms with van der Waals surface area (Å²) in [7, 11) is 0. The van der Waals surface area contributed by atoms with Gasteiger partial charge in [-0.3, -0.25) is 4.79 Å². The van der Waals surface area contributed by atoms with E-state index in [2.05, 4.69) is 15.9 Å². The molecule has 2 nitrogen and oxygen atoms in total. The molecular weight excluding hydrogens is 300 g/mol. The molecule has 1 aromatic carbocycles. The maximum absolute atomic E-state index is 12.1. The number of hydrogen-bond donors (Lipinski definition) is 0. The summed E-state index contributed by atoms with van der Waals surface area (Å²) in [6.45, 7) is 0. The molecule has 3 rings (SSSR count). The Kier molecular flexibility index (Phi) is 2.61. The molecule has 17 heavy (non-hydrogen) atoms. The molecule has 0 unspecified atom stereocenters. The Morgan fingerprint density at radius 3 is 2.71 bits per heavy atom. The maximum Gasteiger partial charge on any atom is 0.238 e. The van der Waals surface area contributed by atoms with Crippen molar-refractivity contribution in [2.45, 2.75) is 0 Å². The predicted octanol–water partition coefficient (Wildman–Crippen LogP) is 4.49. The minimum absolute atomic E-state index is 0.0723. The summed E-state index contributed by atoms with van der Waals surface area (Å²) in [5, 5.41) is 1.09. The topological polar surface area (TPSA) is 30.2 Å². The first kappa shape index (κ1) is 10.7. The molecule has 0 saturated heterocycles. The van der Waals surface area contributed by atoms with E-state index in [4.69, 9.17) is 4.42 Å². The number of thiophene rings is 1. The summed E-state index contributed by atoms with van der Waals surface area (Å²) < 4.78 is 6.95. The van der Waals surface area contributed by atoms with Crippen molar-refractivity contribution in [1.29, 1.82) is 0 Å². The first-order valence-electron chi connectivity index (χ1n) is 5.02. The Balaban J connectivity index is 2.06. The Morgan fingerprint density at radius 1 is 1.18 bits per heavy atom. The molecule has 2 heterocycles. The summed E-state index contributed by atoms with van der Waals surface area (Å²) in [5.74, 6) is 0.292. The van der Waals surface area contributed by atoms with Crippen LogP contribution in [0.2, 0.25) is 0 Å². The minimum Gasteiger partial charge on any atom is -0.446 e.